The molecule has 5 rings (SSSR count). The van der Waals surface area contributed by atoms with Crippen LogP contribution in [0.1, 0.15) is 23.1 Å². The number of fused-ring (bicyclic) bond motifs is 1. The lowest BCUT2D eigenvalue weighted by atomic mass is 9.85. The second-order valence-electron chi connectivity index (χ2n) is 9.29. The predicted molar refractivity (Wildman–Crippen MR) is 143 cm³/mol. The molecular formula is C31H28N2O3. The highest BCUT2D eigenvalue weighted by molar-refractivity contribution is 5.95. The molecule has 5 heteroatoms. The zero-order valence-electron chi connectivity index (χ0n) is 20.1. The van der Waals surface area contributed by atoms with Gasteiger partial charge >= 0.3 is 5.97 Å². The Hall–Kier alpha value is -4.38. The van der Waals surface area contributed by atoms with Crippen LogP contribution in [-0.4, -0.2) is 27.6 Å². The number of rotatable bonds is 7. The van der Waals surface area contributed by atoms with Gasteiger partial charge < -0.3 is 15.0 Å². The average molecular weight is 477 g/mol. The van der Waals surface area contributed by atoms with E-state index in [0.717, 1.165) is 33.2 Å². The van der Waals surface area contributed by atoms with Gasteiger partial charge in [-0.3, -0.25) is 4.79 Å². The third-order valence-electron chi connectivity index (χ3n) is 6.83. The van der Waals surface area contributed by atoms with Gasteiger partial charge in [0, 0.05) is 24.6 Å². The third-order valence-corrected chi connectivity index (χ3v) is 6.83. The molecular weight excluding hydrogens is 448 g/mol. The number of aryl methyl sites for hydroxylation is 1. The Labute approximate surface area is 210 Å². The highest BCUT2D eigenvalue weighted by atomic mass is 16.4. The summed E-state index contributed by atoms with van der Waals surface area (Å²) in [4.78, 5) is 26.1. The Morgan fingerprint density at radius 1 is 1.00 bits per heavy atom. The summed E-state index contributed by atoms with van der Waals surface area (Å²) in [6.45, 7) is 2.04. The number of carbonyl (C=O) groups excluding carboxylic acids is 1. The zero-order valence-corrected chi connectivity index (χ0v) is 20.1. The van der Waals surface area contributed by atoms with Gasteiger partial charge in [-0.15, -0.1) is 0 Å². The van der Waals surface area contributed by atoms with E-state index in [4.69, 9.17) is 0 Å². The van der Waals surface area contributed by atoms with Gasteiger partial charge in [-0.25, -0.2) is 4.79 Å². The van der Waals surface area contributed by atoms with Crippen molar-refractivity contribution in [1.29, 1.82) is 0 Å². The summed E-state index contributed by atoms with van der Waals surface area (Å²) in [5.74, 6) is -1.40. The number of nitrogens with zero attached hydrogens (tertiary/aromatic N) is 1. The van der Waals surface area contributed by atoms with Crippen molar-refractivity contribution < 1.29 is 14.7 Å². The number of carbonyl (C=O) groups is 2. The molecule has 0 fully saturated rings. The number of carboxylic acids is 1. The molecule has 2 atom stereocenters. The predicted octanol–water partition coefficient (Wildman–Crippen LogP) is 5.50. The first kappa shape index (κ1) is 23.4. The number of benzene rings is 3. The topological polar surface area (TPSA) is 71.3 Å². The van der Waals surface area contributed by atoms with Crippen molar-refractivity contribution in [2.75, 3.05) is 0 Å². The summed E-state index contributed by atoms with van der Waals surface area (Å²) in [5.41, 5.74) is 3.92. The van der Waals surface area contributed by atoms with Crippen molar-refractivity contribution >= 4 is 28.4 Å². The van der Waals surface area contributed by atoms with Crippen LogP contribution in [0.4, 0.5) is 0 Å². The molecule has 1 aromatic heterocycles. The minimum absolute atomic E-state index is 0.207. The van der Waals surface area contributed by atoms with Crippen molar-refractivity contribution in [3.05, 3.63) is 126 Å². The van der Waals surface area contributed by atoms with Crippen LogP contribution in [0, 0.1) is 6.92 Å². The lowest BCUT2D eigenvalue weighted by Gasteiger charge is -2.35. The van der Waals surface area contributed by atoms with E-state index in [1.807, 2.05) is 109 Å². The molecule has 2 N–H and O–H groups in total. The lowest BCUT2D eigenvalue weighted by Crippen LogP contribution is -2.53. The van der Waals surface area contributed by atoms with E-state index >= 15 is 0 Å². The first-order chi connectivity index (χ1) is 17.5. The van der Waals surface area contributed by atoms with Crippen molar-refractivity contribution in [2.45, 2.75) is 31.3 Å². The van der Waals surface area contributed by atoms with Gasteiger partial charge in [0.2, 0.25) is 0 Å². The highest BCUT2D eigenvalue weighted by Crippen LogP contribution is 2.36. The van der Waals surface area contributed by atoms with Crippen molar-refractivity contribution in [1.82, 2.24) is 9.88 Å². The summed E-state index contributed by atoms with van der Waals surface area (Å²) >= 11 is 0. The summed E-state index contributed by atoms with van der Waals surface area (Å²) in [6, 6.07) is 26.5. The van der Waals surface area contributed by atoms with E-state index in [1.165, 1.54) is 0 Å². The molecule has 1 aliphatic carbocycles. The van der Waals surface area contributed by atoms with E-state index in [2.05, 4.69) is 17.5 Å². The second kappa shape index (κ2) is 9.70. The SMILES string of the molecule is Cc1ccc2c(ccn2C2(C(=O)N[C@@H](Cc3ccccc3)C(=O)O)C=CC(c3ccccc3)=CC2)c1. The molecule has 1 unspecified atom stereocenters. The Morgan fingerprint density at radius 3 is 2.39 bits per heavy atom. The van der Waals surface area contributed by atoms with Crippen LogP contribution in [0.5, 0.6) is 0 Å². The van der Waals surface area contributed by atoms with E-state index in [-0.39, 0.29) is 12.3 Å². The van der Waals surface area contributed by atoms with Crippen LogP contribution < -0.4 is 5.32 Å². The zero-order chi connectivity index (χ0) is 25.1. The fraction of sp³-hybridized carbons (Fsp3) is 0.161. The largest absolute Gasteiger partial charge is 0.480 e. The fourth-order valence-electron chi connectivity index (χ4n) is 4.87. The number of hydrogen-bond acceptors (Lipinski definition) is 2. The molecule has 3 aromatic carbocycles. The molecule has 1 amide bonds. The molecule has 0 aliphatic heterocycles. The maximum Gasteiger partial charge on any atom is 0.326 e. The third kappa shape index (κ3) is 4.48. The van der Waals surface area contributed by atoms with Gasteiger partial charge in [-0.1, -0.05) is 84.4 Å². The van der Waals surface area contributed by atoms with Gasteiger partial charge in [0.05, 0.1) is 0 Å². The number of aromatic nitrogens is 1. The summed E-state index contributed by atoms with van der Waals surface area (Å²) < 4.78 is 1.97. The van der Waals surface area contributed by atoms with Crippen molar-refractivity contribution in [3.63, 3.8) is 0 Å². The number of hydrogen-bond donors (Lipinski definition) is 2. The molecule has 180 valence electrons. The molecule has 0 saturated heterocycles. The Morgan fingerprint density at radius 2 is 1.72 bits per heavy atom. The molecule has 0 radical (unpaired) electrons. The van der Waals surface area contributed by atoms with Crippen LogP contribution in [0.3, 0.4) is 0 Å². The van der Waals surface area contributed by atoms with Gasteiger partial charge in [-0.2, -0.15) is 0 Å². The van der Waals surface area contributed by atoms with E-state index < -0.39 is 17.6 Å². The molecule has 4 aromatic rings. The average Bonchev–Trinajstić information content (AvgIpc) is 3.33. The second-order valence-corrected chi connectivity index (χ2v) is 9.29. The minimum atomic E-state index is -1.10. The smallest absolute Gasteiger partial charge is 0.326 e. The van der Waals surface area contributed by atoms with Gasteiger partial charge in [0.25, 0.3) is 5.91 Å². The Bertz CT molecular complexity index is 1470. The van der Waals surface area contributed by atoms with Crippen LogP contribution in [-0.2, 0) is 21.5 Å². The molecule has 0 saturated carbocycles. The molecule has 0 spiro atoms. The maximum absolute atomic E-state index is 14.0. The number of allylic oxidation sites excluding steroid dienone is 3. The van der Waals surface area contributed by atoms with E-state index in [9.17, 15) is 14.7 Å². The molecule has 1 aliphatic rings. The summed E-state index contributed by atoms with van der Waals surface area (Å²) in [6.07, 6.45) is 8.45. The van der Waals surface area contributed by atoms with Crippen LogP contribution >= 0.6 is 0 Å². The van der Waals surface area contributed by atoms with Crippen molar-refractivity contribution in [3.8, 4) is 0 Å². The Balaban J connectivity index is 1.53. The maximum atomic E-state index is 14.0. The molecule has 1 heterocycles. The summed E-state index contributed by atoms with van der Waals surface area (Å²) in [7, 11) is 0. The molecule has 5 nitrogen and oxygen atoms in total. The molecule has 36 heavy (non-hydrogen) atoms. The first-order valence-corrected chi connectivity index (χ1v) is 12.1. The normalized spacial score (nSPS) is 18.0. The number of nitrogens with one attached hydrogen (secondary N) is 1. The standard InChI is InChI=1S/C31H28N2O3/c1-22-12-13-28-26(20-22)16-19-33(28)31(17-14-25(15-18-31)24-10-6-3-7-11-24)30(36)32-27(29(34)35)21-23-8-4-2-5-9-23/h2-17,19-20,27H,18,21H2,1H3,(H,32,36)(H,34,35)/t27-,31?/m0/s1. The first-order valence-electron chi connectivity index (χ1n) is 12.1. The number of aliphatic carboxylic acids is 1. The highest BCUT2D eigenvalue weighted by Gasteiger charge is 2.41. The van der Waals surface area contributed by atoms with Crippen molar-refractivity contribution in [2.24, 2.45) is 0 Å². The van der Waals surface area contributed by atoms with Gasteiger partial charge in [-0.05, 0) is 53.3 Å². The molecule has 0 bridgehead atoms. The Kier molecular flexibility index (Phi) is 6.30. The van der Waals surface area contributed by atoms with E-state index in [0.29, 0.717) is 6.42 Å². The van der Waals surface area contributed by atoms with Crippen LogP contribution in [0.2, 0.25) is 0 Å². The van der Waals surface area contributed by atoms with E-state index in [1.54, 1.807) is 0 Å². The van der Waals surface area contributed by atoms with Gasteiger partial charge in [0.15, 0.2) is 0 Å². The number of carboxylic acid groups (broad SMARTS) is 1. The van der Waals surface area contributed by atoms with Crippen LogP contribution in [0.25, 0.3) is 16.5 Å². The minimum Gasteiger partial charge on any atom is -0.480 e. The lowest BCUT2D eigenvalue weighted by molar-refractivity contribution is -0.143. The summed E-state index contributed by atoms with van der Waals surface area (Å²) in [5, 5.41) is 13.8. The monoisotopic (exact) mass is 476 g/mol. The number of amides is 1. The van der Waals surface area contributed by atoms with Gasteiger partial charge in [0.1, 0.15) is 11.6 Å². The quantitative estimate of drug-likeness (QED) is 0.370. The van der Waals surface area contributed by atoms with Crippen LogP contribution in [0.15, 0.2) is 109 Å². The fourth-order valence-corrected chi connectivity index (χ4v) is 4.87.